The Bertz CT molecular complexity index is 465. The Morgan fingerprint density at radius 3 is 2.45 bits per heavy atom. The number of nitrogens with zero attached hydrogens (tertiary/aromatic N) is 1. The van der Waals surface area contributed by atoms with Gasteiger partial charge < -0.3 is 9.84 Å². The first kappa shape index (κ1) is 16.0. The number of morpholine rings is 1. The summed E-state index contributed by atoms with van der Waals surface area (Å²) in [6.07, 6.45) is -0.0927. The number of carboxylic acid groups (broad SMARTS) is 1. The van der Waals surface area contributed by atoms with Crippen molar-refractivity contribution in [3.8, 4) is 0 Å². The van der Waals surface area contributed by atoms with Crippen LogP contribution in [-0.2, 0) is 19.7 Å². The number of ether oxygens (including phenoxy) is 1. The maximum atomic E-state index is 12.4. The zero-order valence-electron chi connectivity index (χ0n) is 11.5. The summed E-state index contributed by atoms with van der Waals surface area (Å²) in [7, 11) is -3.83. The van der Waals surface area contributed by atoms with E-state index < -0.39 is 21.7 Å². The number of carbonyl (C=O) groups is 1. The second-order valence-electron chi connectivity index (χ2n) is 5.37. The molecule has 0 spiro atoms. The SMILES string of the molecule is CC1CN(S(=O)(=O)NC2(C(=O)O)CCSC2)CC(C)O1. The fraction of sp³-hybridized carbons (Fsp3) is 0.909. The fourth-order valence-corrected chi connectivity index (χ4v) is 5.61. The molecule has 3 unspecified atom stereocenters. The van der Waals surface area contributed by atoms with Gasteiger partial charge in [0.05, 0.1) is 12.2 Å². The minimum absolute atomic E-state index is 0.200. The molecule has 2 saturated heterocycles. The summed E-state index contributed by atoms with van der Waals surface area (Å²) >= 11 is 1.45. The molecule has 0 radical (unpaired) electrons. The Balaban J connectivity index is 2.16. The second kappa shape index (κ2) is 5.80. The number of aliphatic carboxylic acids is 1. The van der Waals surface area contributed by atoms with Crippen LogP contribution < -0.4 is 4.72 Å². The number of carboxylic acids is 1. The van der Waals surface area contributed by atoms with E-state index in [4.69, 9.17) is 4.74 Å². The van der Waals surface area contributed by atoms with Crippen LogP contribution >= 0.6 is 11.8 Å². The van der Waals surface area contributed by atoms with Crippen molar-refractivity contribution in [2.24, 2.45) is 0 Å². The first-order chi connectivity index (χ1) is 9.25. The molecular formula is C11H20N2O5S2. The summed E-state index contributed by atoms with van der Waals surface area (Å²) in [5.41, 5.74) is -1.38. The van der Waals surface area contributed by atoms with Crippen LogP contribution in [0, 0.1) is 0 Å². The minimum atomic E-state index is -3.83. The highest BCUT2D eigenvalue weighted by molar-refractivity contribution is 7.99. The maximum absolute atomic E-state index is 12.4. The third-order valence-electron chi connectivity index (χ3n) is 3.48. The van der Waals surface area contributed by atoms with Crippen LogP contribution in [0.4, 0.5) is 0 Å². The average molecular weight is 324 g/mol. The van der Waals surface area contributed by atoms with Crippen molar-refractivity contribution in [1.82, 2.24) is 9.03 Å². The van der Waals surface area contributed by atoms with E-state index in [0.29, 0.717) is 12.2 Å². The van der Waals surface area contributed by atoms with Crippen LogP contribution in [0.25, 0.3) is 0 Å². The lowest BCUT2D eigenvalue weighted by atomic mass is 10.0. The van der Waals surface area contributed by atoms with E-state index in [2.05, 4.69) is 4.72 Å². The molecule has 0 amide bonds. The number of hydrogen-bond donors (Lipinski definition) is 2. The Labute approximate surface area is 123 Å². The number of thioether (sulfide) groups is 1. The molecule has 9 heteroatoms. The van der Waals surface area contributed by atoms with E-state index >= 15 is 0 Å². The molecule has 0 aliphatic carbocycles. The zero-order chi connectivity index (χ0) is 15.0. The highest BCUT2D eigenvalue weighted by atomic mass is 32.2. The van der Waals surface area contributed by atoms with Gasteiger partial charge in [0, 0.05) is 18.8 Å². The molecule has 20 heavy (non-hydrogen) atoms. The van der Waals surface area contributed by atoms with E-state index in [1.54, 1.807) is 13.8 Å². The summed E-state index contributed by atoms with van der Waals surface area (Å²) in [4.78, 5) is 11.4. The van der Waals surface area contributed by atoms with Crippen molar-refractivity contribution < 1.29 is 23.1 Å². The molecule has 2 aliphatic heterocycles. The molecule has 2 rings (SSSR count). The van der Waals surface area contributed by atoms with Gasteiger partial charge in [-0.1, -0.05) is 0 Å². The highest BCUT2D eigenvalue weighted by Gasteiger charge is 2.47. The van der Waals surface area contributed by atoms with Crippen molar-refractivity contribution in [3.05, 3.63) is 0 Å². The molecule has 0 aromatic rings. The Morgan fingerprint density at radius 2 is 2.00 bits per heavy atom. The number of nitrogens with one attached hydrogen (secondary N) is 1. The van der Waals surface area contributed by atoms with Crippen molar-refractivity contribution >= 4 is 27.9 Å². The third-order valence-corrected chi connectivity index (χ3v) is 6.30. The lowest BCUT2D eigenvalue weighted by molar-refractivity contribution is -0.143. The molecule has 116 valence electrons. The first-order valence-electron chi connectivity index (χ1n) is 6.51. The van der Waals surface area contributed by atoms with Crippen LogP contribution in [0.15, 0.2) is 0 Å². The predicted octanol–water partition coefficient (Wildman–Crippen LogP) is -0.110. The van der Waals surface area contributed by atoms with Crippen molar-refractivity contribution in [3.63, 3.8) is 0 Å². The van der Waals surface area contributed by atoms with Gasteiger partial charge in [-0.25, -0.2) is 0 Å². The highest BCUT2D eigenvalue weighted by Crippen LogP contribution is 2.29. The Kier molecular flexibility index (Phi) is 4.65. The molecule has 0 aromatic heterocycles. The summed E-state index contributed by atoms with van der Waals surface area (Å²) in [5, 5.41) is 9.35. The third kappa shape index (κ3) is 3.28. The molecule has 2 aliphatic rings. The minimum Gasteiger partial charge on any atom is -0.480 e. The number of hydrogen-bond acceptors (Lipinski definition) is 5. The van der Waals surface area contributed by atoms with Crippen LogP contribution in [0.5, 0.6) is 0 Å². The zero-order valence-corrected chi connectivity index (χ0v) is 13.2. The van der Waals surface area contributed by atoms with E-state index in [-0.39, 0.29) is 31.1 Å². The maximum Gasteiger partial charge on any atom is 0.325 e. The van der Waals surface area contributed by atoms with E-state index in [1.165, 1.54) is 16.1 Å². The van der Waals surface area contributed by atoms with Gasteiger partial charge in [-0.15, -0.1) is 0 Å². The fourth-order valence-electron chi connectivity index (χ4n) is 2.50. The molecule has 0 bridgehead atoms. The van der Waals surface area contributed by atoms with Gasteiger partial charge in [0.25, 0.3) is 10.2 Å². The summed E-state index contributed by atoms with van der Waals surface area (Å²) in [5.74, 6) is -0.206. The van der Waals surface area contributed by atoms with E-state index in [0.717, 1.165) is 0 Å². The summed E-state index contributed by atoms with van der Waals surface area (Å²) in [6, 6.07) is 0. The molecule has 2 heterocycles. The van der Waals surface area contributed by atoms with E-state index in [9.17, 15) is 18.3 Å². The lowest BCUT2D eigenvalue weighted by Crippen LogP contribution is -2.60. The monoisotopic (exact) mass is 324 g/mol. The average Bonchev–Trinajstić information content (AvgIpc) is 2.76. The van der Waals surface area contributed by atoms with Gasteiger partial charge >= 0.3 is 5.97 Å². The van der Waals surface area contributed by atoms with Gasteiger partial charge in [-0.3, -0.25) is 4.79 Å². The summed E-state index contributed by atoms with van der Waals surface area (Å²) < 4.78 is 34.0. The normalized spacial score (nSPS) is 36.1. The standard InChI is InChI=1S/C11H20N2O5S2/c1-8-5-13(6-9(2)18-8)20(16,17)12-11(10(14)15)3-4-19-7-11/h8-9,12H,3-7H2,1-2H3,(H,14,15). The van der Waals surface area contributed by atoms with Gasteiger partial charge in [0.1, 0.15) is 5.54 Å². The molecule has 7 nitrogen and oxygen atoms in total. The smallest absolute Gasteiger partial charge is 0.325 e. The quantitative estimate of drug-likeness (QED) is 0.749. The van der Waals surface area contributed by atoms with Gasteiger partial charge in [-0.2, -0.15) is 29.2 Å². The lowest BCUT2D eigenvalue weighted by Gasteiger charge is -2.36. The number of rotatable bonds is 4. The van der Waals surface area contributed by atoms with Gasteiger partial charge in [0.2, 0.25) is 0 Å². The van der Waals surface area contributed by atoms with Gasteiger partial charge in [-0.05, 0) is 26.0 Å². The Morgan fingerprint density at radius 1 is 1.40 bits per heavy atom. The Hall–Kier alpha value is -0.350. The van der Waals surface area contributed by atoms with Crippen molar-refractivity contribution in [1.29, 1.82) is 0 Å². The van der Waals surface area contributed by atoms with Crippen LogP contribution in [0.1, 0.15) is 20.3 Å². The first-order valence-corrected chi connectivity index (χ1v) is 9.10. The molecule has 2 fully saturated rings. The predicted molar refractivity (Wildman–Crippen MR) is 75.9 cm³/mol. The van der Waals surface area contributed by atoms with Crippen molar-refractivity contribution in [2.75, 3.05) is 24.6 Å². The molecule has 3 atom stereocenters. The molecule has 0 saturated carbocycles. The second-order valence-corrected chi connectivity index (χ2v) is 8.15. The van der Waals surface area contributed by atoms with Crippen LogP contribution in [0.2, 0.25) is 0 Å². The molecule has 2 N–H and O–H groups in total. The topological polar surface area (TPSA) is 95.9 Å². The summed E-state index contributed by atoms with van der Waals surface area (Å²) in [6.45, 7) is 4.08. The van der Waals surface area contributed by atoms with Gasteiger partial charge in [0.15, 0.2) is 0 Å². The molecular weight excluding hydrogens is 304 g/mol. The largest absolute Gasteiger partial charge is 0.480 e. The van der Waals surface area contributed by atoms with Crippen molar-refractivity contribution in [2.45, 2.75) is 38.0 Å². The van der Waals surface area contributed by atoms with Crippen LogP contribution in [0.3, 0.4) is 0 Å². The van der Waals surface area contributed by atoms with Crippen LogP contribution in [-0.4, -0.2) is 66.1 Å². The molecule has 0 aromatic carbocycles. The van der Waals surface area contributed by atoms with E-state index in [1.807, 2.05) is 0 Å².